The first kappa shape index (κ1) is 17.3. The Labute approximate surface area is 146 Å². The van der Waals surface area contributed by atoms with Crippen molar-refractivity contribution in [1.82, 2.24) is 5.43 Å². The van der Waals surface area contributed by atoms with E-state index in [0.717, 1.165) is 0 Å². The van der Waals surface area contributed by atoms with Crippen LogP contribution in [0.2, 0.25) is 15.1 Å². The SMILES string of the molecule is O=C(Cc1ccc([N+](=O)[O-])cc1)NNc1c(Cl)cc(Cl)cc1Cl. The molecule has 2 aromatic rings. The molecule has 2 N–H and O–H groups in total. The van der Waals surface area contributed by atoms with Gasteiger partial charge in [0.15, 0.2) is 0 Å². The minimum Gasteiger partial charge on any atom is -0.296 e. The number of hydrogen-bond donors (Lipinski definition) is 2. The van der Waals surface area contributed by atoms with E-state index < -0.39 is 4.92 Å². The van der Waals surface area contributed by atoms with Crippen LogP contribution in [0.25, 0.3) is 0 Å². The highest BCUT2D eigenvalue weighted by Gasteiger charge is 2.10. The number of anilines is 1. The highest BCUT2D eigenvalue weighted by atomic mass is 35.5. The molecule has 120 valence electrons. The second kappa shape index (κ2) is 7.50. The molecular formula is C14H10Cl3N3O3. The number of nitrogens with one attached hydrogen (secondary N) is 2. The number of rotatable bonds is 5. The van der Waals surface area contributed by atoms with Crippen molar-refractivity contribution >= 4 is 52.1 Å². The van der Waals surface area contributed by atoms with Gasteiger partial charge in [-0.1, -0.05) is 46.9 Å². The predicted octanol–water partition coefficient (Wildman–Crippen LogP) is 4.24. The van der Waals surface area contributed by atoms with Crippen LogP contribution in [0.15, 0.2) is 36.4 Å². The van der Waals surface area contributed by atoms with Crippen LogP contribution < -0.4 is 10.9 Å². The lowest BCUT2D eigenvalue weighted by Gasteiger charge is -2.12. The molecule has 0 radical (unpaired) electrons. The van der Waals surface area contributed by atoms with Gasteiger partial charge in [0.1, 0.15) is 0 Å². The molecule has 0 unspecified atom stereocenters. The number of carbonyl (C=O) groups excluding carboxylic acids is 1. The first-order valence-electron chi connectivity index (χ1n) is 6.29. The lowest BCUT2D eigenvalue weighted by Crippen LogP contribution is -2.31. The fourth-order valence-electron chi connectivity index (χ4n) is 1.76. The fraction of sp³-hybridized carbons (Fsp3) is 0.0714. The molecule has 0 aliphatic rings. The molecule has 2 rings (SSSR count). The van der Waals surface area contributed by atoms with Crippen molar-refractivity contribution in [3.8, 4) is 0 Å². The van der Waals surface area contributed by atoms with E-state index in [1.807, 2.05) is 0 Å². The Balaban J connectivity index is 1.96. The van der Waals surface area contributed by atoms with Crippen LogP contribution in [0.5, 0.6) is 0 Å². The number of nitro benzene ring substituents is 1. The molecule has 0 atom stereocenters. The molecule has 0 bridgehead atoms. The van der Waals surface area contributed by atoms with Gasteiger partial charge in [0.05, 0.1) is 27.1 Å². The van der Waals surface area contributed by atoms with Crippen LogP contribution in [-0.2, 0) is 11.2 Å². The van der Waals surface area contributed by atoms with Crippen LogP contribution in [0.1, 0.15) is 5.56 Å². The summed E-state index contributed by atoms with van der Waals surface area (Å²) in [7, 11) is 0. The van der Waals surface area contributed by atoms with Gasteiger partial charge in [-0.3, -0.25) is 25.8 Å². The summed E-state index contributed by atoms with van der Waals surface area (Å²) >= 11 is 17.8. The van der Waals surface area contributed by atoms with E-state index in [1.165, 1.54) is 36.4 Å². The van der Waals surface area contributed by atoms with E-state index >= 15 is 0 Å². The average molecular weight is 375 g/mol. The molecule has 0 aliphatic heterocycles. The second-order valence-corrected chi connectivity index (χ2v) is 5.77. The molecule has 0 fully saturated rings. The van der Waals surface area contributed by atoms with Gasteiger partial charge in [-0.25, -0.2) is 0 Å². The van der Waals surface area contributed by atoms with E-state index in [4.69, 9.17) is 34.8 Å². The van der Waals surface area contributed by atoms with Crippen molar-refractivity contribution in [3.63, 3.8) is 0 Å². The molecule has 6 nitrogen and oxygen atoms in total. The van der Waals surface area contributed by atoms with Crippen molar-refractivity contribution < 1.29 is 9.72 Å². The third kappa shape index (κ3) is 4.72. The third-order valence-corrected chi connectivity index (χ3v) is 3.66. The maximum absolute atomic E-state index is 11.9. The third-order valence-electron chi connectivity index (χ3n) is 2.85. The fourth-order valence-corrected chi connectivity index (χ4v) is 2.67. The van der Waals surface area contributed by atoms with Gasteiger partial charge < -0.3 is 0 Å². The number of hydrogen-bond acceptors (Lipinski definition) is 4. The Hall–Kier alpha value is -2.02. The van der Waals surface area contributed by atoms with Gasteiger partial charge in [0, 0.05) is 17.2 Å². The zero-order chi connectivity index (χ0) is 17.0. The molecule has 0 saturated heterocycles. The summed E-state index contributed by atoms with van der Waals surface area (Å²) in [6.45, 7) is 0. The lowest BCUT2D eigenvalue weighted by molar-refractivity contribution is -0.384. The van der Waals surface area contributed by atoms with Gasteiger partial charge in [-0.2, -0.15) is 0 Å². The number of halogens is 3. The maximum Gasteiger partial charge on any atom is 0.269 e. The monoisotopic (exact) mass is 373 g/mol. The van der Waals surface area contributed by atoms with E-state index in [1.54, 1.807) is 0 Å². The van der Waals surface area contributed by atoms with Crippen LogP contribution in [0, 0.1) is 10.1 Å². The highest BCUT2D eigenvalue weighted by Crippen LogP contribution is 2.33. The van der Waals surface area contributed by atoms with Crippen molar-refractivity contribution in [2.45, 2.75) is 6.42 Å². The lowest BCUT2D eigenvalue weighted by atomic mass is 10.1. The summed E-state index contributed by atoms with van der Waals surface area (Å²) in [6, 6.07) is 8.67. The maximum atomic E-state index is 11.9. The molecule has 23 heavy (non-hydrogen) atoms. The molecule has 2 aromatic carbocycles. The topological polar surface area (TPSA) is 84.3 Å². The molecule has 0 saturated carbocycles. The minimum atomic E-state index is -0.504. The predicted molar refractivity (Wildman–Crippen MR) is 90.0 cm³/mol. The van der Waals surface area contributed by atoms with Crippen molar-refractivity contribution in [1.29, 1.82) is 0 Å². The summed E-state index contributed by atoms with van der Waals surface area (Å²) in [5, 5.41) is 11.5. The summed E-state index contributed by atoms with van der Waals surface area (Å²) < 4.78 is 0. The molecular weight excluding hydrogens is 365 g/mol. The number of non-ortho nitro benzene ring substituents is 1. The quantitative estimate of drug-likeness (QED) is 0.605. The molecule has 0 spiro atoms. The van der Waals surface area contributed by atoms with Crippen molar-refractivity contribution in [3.05, 3.63) is 67.1 Å². The number of hydrazine groups is 1. The largest absolute Gasteiger partial charge is 0.296 e. The van der Waals surface area contributed by atoms with E-state index in [-0.39, 0.29) is 28.1 Å². The van der Waals surface area contributed by atoms with E-state index in [9.17, 15) is 14.9 Å². The number of nitrogens with zero attached hydrogens (tertiary/aromatic N) is 1. The number of nitro groups is 1. The molecule has 9 heteroatoms. The molecule has 1 amide bonds. The second-order valence-electron chi connectivity index (χ2n) is 4.52. The van der Waals surface area contributed by atoms with Crippen LogP contribution in [-0.4, -0.2) is 10.8 Å². The molecule has 0 aromatic heterocycles. The number of benzene rings is 2. The normalized spacial score (nSPS) is 10.2. The molecule has 0 aliphatic carbocycles. The Morgan fingerprint density at radius 2 is 1.65 bits per heavy atom. The van der Waals surface area contributed by atoms with Crippen molar-refractivity contribution in [2.24, 2.45) is 0 Å². The first-order valence-corrected chi connectivity index (χ1v) is 7.43. The standard InChI is InChI=1S/C14H10Cl3N3O3/c15-9-6-11(16)14(12(17)7-9)19-18-13(21)5-8-1-3-10(4-2-8)20(22)23/h1-4,6-7,19H,5H2,(H,18,21). The Kier molecular flexibility index (Phi) is 5.65. The average Bonchev–Trinajstić information content (AvgIpc) is 2.46. The summed E-state index contributed by atoms with van der Waals surface area (Å²) in [6.07, 6.45) is 0.0355. The van der Waals surface area contributed by atoms with Crippen LogP contribution >= 0.6 is 34.8 Å². The zero-order valence-corrected chi connectivity index (χ0v) is 13.7. The summed E-state index contributed by atoms with van der Waals surface area (Å²) in [5.74, 6) is -0.360. The van der Waals surface area contributed by atoms with Gasteiger partial charge >= 0.3 is 0 Å². The van der Waals surface area contributed by atoms with Gasteiger partial charge in [0.25, 0.3) is 5.69 Å². The van der Waals surface area contributed by atoms with Gasteiger partial charge in [-0.15, -0.1) is 0 Å². The van der Waals surface area contributed by atoms with Crippen LogP contribution in [0.4, 0.5) is 11.4 Å². The van der Waals surface area contributed by atoms with Crippen molar-refractivity contribution in [2.75, 3.05) is 5.43 Å². The smallest absolute Gasteiger partial charge is 0.269 e. The summed E-state index contributed by atoms with van der Waals surface area (Å²) in [4.78, 5) is 21.9. The Bertz CT molecular complexity index is 728. The zero-order valence-electron chi connectivity index (χ0n) is 11.5. The number of carbonyl (C=O) groups is 1. The summed E-state index contributed by atoms with van der Waals surface area (Å²) in [5.41, 5.74) is 6.00. The van der Waals surface area contributed by atoms with Gasteiger partial charge in [-0.05, 0) is 17.7 Å². The first-order chi connectivity index (χ1) is 10.9. The van der Waals surface area contributed by atoms with Gasteiger partial charge in [0.2, 0.25) is 5.91 Å². The Morgan fingerprint density at radius 3 is 2.17 bits per heavy atom. The highest BCUT2D eigenvalue weighted by molar-refractivity contribution is 6.41. The minimum absolute atomic E-state index is 0.0352. The molecule has 0 heterocycles. The Morgan fingerprint density at radius 1 is 1.09 bits per heavy atom. The van der Waals surface area contributed by atoms with E-state index in [0.29, 0.717) is 16.3 Å². The number of amides is 1. The van der Waals surface area contributed by atoms with E-state index in [2.05, 4.69) is 10.9 Å². The van der Waals surface area contributed by atoms with Crippen LogP contribution in [0.3, 0.4) is 0 Å².